The number of rotatable bonds is 8. The lowest BCUT2D eigenvalue weighted by atomic mass is 10.1. The molecular weight excluding hydrogens is 328 g/mol. The maximum Gasteiger partial charge on any atom is 0.314 e. The number of hydrogen-bond donors (Lipinski definition) is 2. The molecule has 0 unspecified atom stereocenters. The Morgan fingerprint density at radius 3 is 2.50 bits per heavy atom. The molecule has 0 bridgehead atoms. The second-order valence-electron chi connectivity index (χ2n) is 5.79. The molecule has 3 rings (SSSR count). The molecule has 0 radical (unpaired) electrons. The van der Waals surface area contributed by atoms with Crippen molar-refractivity contribution in [1.82, 2.24) is 30.2 Å². The lowest BCUT2D eigenvalue weighted by Gasteiger charge is -2.09. The van der Waals surface area contributed by atoms with Crippen LogP contribution in [0.2, 0.25) is 0 Å². The first kappa shape index (κ1) is 17.6. The van der Waals surface area contributed by atoms with Crippen LogP contribution in [0.4, 0.5) is 4.79 Å². The molecule has 0 saturated carbocycles. The highest BCUT2D eigenvalue weighted by Crippen LogP contribution is 2.10. The minimum Gasteiger partial charge on any atom is -0.338 e. The molecule has 7 nitrogen and oxygen atoms in total. The Hall–Kier alpha value is -3.22. The fourth-order valence-electron chi connectivity index (χ4n) is 2.60. The van der Waals surface area contributed by atoms with Crippen LogP contribution in [-0.4, -0.2) is 38.6 Å². The van der Waals surface area contributed by atoms with E-state index in [0.29, 0.717) is 31.3 Å². The number of hydrogen-bond acceptors (Lipinski definition) is 4. The highest BCUT2D eigenvalue weighted by molar-refractivity contribution is 5.73. The molecule has 7 heteroatoms. The van der Waals surface area contributed by atoms with Gasteiger partial charge in [0, 0.05) is 44.4 Å². The lowest BCUT2D eigenvalue weighted by Crippen LogP contribution is -2.37. The van der Waals surface area contributed by atoms with Crippen LogP contribution < -0.4 is 10.6 Å². The van der Waals surface area contributed by atoms with Crippen molar-refractivity contribution in [2.45, 2.75) is 19.4 Å². The Morgan fingerprint density at radius 2 is 1.69 bits per heavy atom. The van der Waals surface area contributed by atoms with Crippen LogP contribution in [-0.2, 0) is 13.0 Å². The number of carbonyl (C=O) groups excluding carboxylic acids is 1. The summed E-state index contributed by atoms with van der Waals surface area (Å²) in [7, 11) is 0. The van der Waals surface area contributed by atoms with E-state index < -0.39 is 0 Å². The van der Waals surface area contributed by atoms with Crippen molar-refractivity contribution in [2.24, 2.45) is 0 Å². The summed E-state index contributed by atoms with van der Waals surface area (Å²) < 4.78 is 1.92. The van der Waals surface area contributed by atoms with E-state index in [4.69, 9.17) is 0 Å². The van der Waals surface area contributed by atoms with Gasteiger partial charge in [0.25, 0.3) is 0 Å². The molecule has 134 valence electrons. The van der Waals surface area contributed by atoms with Gasteiger partial charge < -0.3 is 15.2 Å². The zero-order valence-corrected chi connectivity index (χ0v) is 14.5. The van der Waals surface area contributed by atoms with Crippen LogP contribution in [0.1, 0.15) is 12.0 Å². The molecule has 0 atom stereocenters. The summed E-state index contributed by atoms with van der Waals surface area (Å²) in [6, 6.07) is 11.9. The summed E-state index contributed by atoms with van der Waals surface area (Å²) in [6.45, 7) is 1.75. The number of benzene rings is 1. The van der Waals surface area contributed by atoms with Crippen molar-refractivity contribution in [3.63, 3.8) is 0 Å². The normalized spacial score (nSPS) is 10.5. The van der Waals surface area contributed by atoms with Crippen molar-refractivity contribution in [2.75, 3.05) is 13.1 Å². The Bertz CT molecular complexity index is 803. The molecule has 0 spiro atoms. The maximum absolute atomic E-state index is 11.9. The number of imidazole rings is 1. The SMILES string of the molecule is O=C(NCCCc1ccccc1)NCCn1ccnc1-c1ncccn1. The molecule has 0 aliphatic carbocycles. The molecule has 2 amide bonds. The monoisotopic (exact) mass is 350 g/mol. The highest BCUT2D eigenvalue weighted by atomic mass is 16.2. The smallest absolute Gasteiger partial charge is 0.314 e. The molecule has 2 heterocycles. The fraction of sp³-hybridized carbons (Fsp3) is 0.263. The van der Waals surface area contributed by atoms with Gasteiger partial charge in [-0.1, -0.05) is 30.3 Å². The summed E-state index contributed by atoms with van der Waals surface area (Å²) in [5, 5.41) is 5.74. The molecular formula is C19H22N6O. The summed E-state index contributed by atoms with van der Waals surface area (Å²) in [5.74, 6) is 1.26. The van der Waals surface area contributed by atoms with E-state index >= 15 is 0 Å². The molecule has 2 N–H and O–H groups in total. The van der Waals surface area contributed by atoms with Crippen LogP contribution in [0.25, 0.3) is 11.6 Å². The largest absolute Gasteiger partial charge is 0.338 e. The van der Waals surface area contributed by atoms with Gasteiger partial charge in [-0.25, -0.2) is 19.7 Å². The summed E-state index contributed by atoms with van der Waals surface area (Å²) in [5.41, 5.74) is 1.28. The number of aryl methyl sites for hydroxylation is 1. The minimum atomic E-state index is -0.157. The van der Waals surface area contributed by atoms with Crippen LogP contribution in [0.5, 0.6) is 0 Å². The van der Waals surface area contributed by atoms with Gasteiger partial charge in [-0.3, -0.25) is 0 Å². The van der Waals surface area contributed by atoms with E-state index in [1.165, 1.54) is 5.56 Å². The number of nitrogens with zero attached hydrogens (tertiary/aromatic N) is 4. The molecule has 0 saturated heterocycles. The van der Waals surface area contributed by atoms with Gasteiger partial charge in [0.1, 0.15) is 0 Å². The third kappa shape index (κ3) is 5.14. The summed E-state index contributed by atoms with van der Waals surface area (Å²) in [4.78, 5) is 24.6. The minimum absolute atomic E-state index is 0.157. The van der Waals surface area contributed by atoms with Crippen molar-refractivity contribution in [3.05, 3.63) is 66.7 Å². The highest BCUT2D eigenvalue weighted by Gasteiger charge is 2.08. The number of carbonyl (C=O) groups is 1. The predicted octanol–water partition coefficient (Wildman–Crippen LogP) is 2.27. The molecule has 2 aromatic heterocycles. The van der Waals surface area contributed by atoms with E-state index in [0.717, 1.165) is 12.8 Å². The molecule has 0 aliphatic heterocycles. The van der Waals surface area contributed by atoms with Crippen LogP contribution in [0.15, 0.2) is 61.2 Å². The van der Waals surface area contributed by atoms with Gasteiger partial charge in [0.2, 0.25) is 0 Å². The lowest BCUT2D eigenvalue weighted by molar-refractivity contribution is 0.240. The quantitative estimate of drug-likeness (QED) is 0.610. The Kier molecular flexibility index (Phi) is 6.30. The van der Waals surface area contributed by atoms with E-state index in [-0.39, 0.29) is 6.03 Å². The summed E-state index contributed by atoms with van der Waals surface area (Å²) in [6.07, 6.45) is 8.79. The van der Waals surface area contributed by atoms with E-state index in [9.17, 15) is 4.79 Å². The number of amides is 2. The topological polar surface area (TPSA) is 84.7 Å². The average molecular weight is 350 g/mol. The summed E-state index contributed by atoms with van der Waals surface area (Å²) >= 11 is 0. The standard InChI is InChI=1S/C19H22N6O/c26-19(23-9-4-8-16-6-2-1-3-7-16)24-13-15-25-14-12-22-18(25)17-20-10-5-11-21-17/h1-3,5-7,10-12,14H,4,8-9,13,15H2,(H2,23,24,26). The van der Waals surface area contributed by atoms with E-state index in [1.54, 1.807) is 24.7 Å². The van der Waals surface area contributed by atoms with Crippen LogP contribution in [0.3, 0.4) is 0 Å². The second-order valence-corrected chi connectivity index (χ2v) is 5.79. The predicted molar refractivity (Wildman–Crippen MR) is 99.4 cm³/mol. The van der Waals surface area contributed by atoms with Gasteiger partial charge in [-0.2, -0.15) is 0 Å². The van der Waals surface area contributed by atoms with Crippen LogP contribution >= 0.6 is 0 Å². The molecule has 3 aromatic rings. The Morgan fingerprint density at radius 1 is 0.923 bits per heavy atom. The zero-order chi connectivity index (χ0) is 18.0. The average Bonchev–Trinajstić information content (AvgIpc) is 3.15. The third-order valence-electron chi connectivity index (χ3n) is 3.89. The molecule has 0 aliphatic rings. The van der Waals surface area contributed by atoms with E-state index in [2.05, 4.69) is 37.7 Å². The van der Waals surface area contributed by atoms with Gasteiger partial charge >= 0.3 is 6.03 Å². The van der Waals surface area contributed by atoms with Crippen molar-refractivity contribution >= 4 is 6.03 Å². The number of nitrogens with one attached hydrogen (secondary N) is 2. The van der Waals surface area contributed by atoms with Gasteiger partial charge in [0.05, 0.1) is 0 Å². The molecule has 26 heavy (non-hydrogen) atoms. The molecule has 0 fully saturated rings. The Labute approximate surface area is 152 Å². The van der Waals surface area contributed by atoms with Gasteiger partial charge in [-0.15, -0.1) is 0 Å². The number of urea groups is 1. The molecule has 1 aromatic carbocycles. The van der Waals surface area contributed by atoms with Crippen LogP contribution in [0, 0.1) is 0 Å². The first-order valence-electron chi connectivity index (χ1n) is 8.67. The van der Waals surface area contributed by atoms with E-state index in [1.807, 2.05) is 29.0 Å². The van der Waals surface area contributed by atoms with Crippen molar-refractivity contribution < 1.29 is 4.79 Å². The first-order chi connectivity index (χ1) is 12.8. The first-order valence-corrected chi connectivity index (χ1v) is 8.67. The van der Waals surface area contributed by atoms with Crippen molar-refractivity contribution in [3.8, 4) is 11.6 Å². The maximum atomic E-state index is 11.9. The van der Waals surface area contributed by atoms with Crippen molar-refractivity contribution in [1.29, 1.82) is 0 Å². The van der Waals surface area contributed by atoms with Gasteiger partial charge in [0.15, 0.2) is 11.6 Å². The second kappa shape index (κ2) is 9.31. The number of aromatic nitrogens is 4. The van der Waals surface area contributed by atoms with Gasteiger partial charge in [-0.05, 0) is 24.5 Å². The third-order valence-corrected chi connectivity index (χ3v) is 3.89. The fourth-order valence-corrected chi connectivity index (χ4v) is 2.60. The Balaban J connectivity index is 1.36. The zero-order valence-electron chi connectivity index (χ0n) is 14.5.